The van der Waals surface area contributed by atoms with Crippen LogP contribution in [-0.4, -0.2) is 17.4 Å². The van der Waals surface area contributed by atoms with Gasteiger partial charge in [0.2, 0.25) is 0 Å². The smallest absolute Gasteiger partial charge is 0.292 e. The van der Waals surface area contributed by atoms with E-state index >= 15 is 0 Å². The van der Waals surface area contributed by atoms with Crippen molar-refractivity contribution in [2.45, 2.75) is 6.42 Å². The van der Waals surface area contributed by atoms with E-state index in [1.807, 2.05) is 16.8 Å². The molecule has 0 spiro atoms. The number of nitro benzene ring substituents is 1. The van der Waals surface area contributed by atoms with E-state index in [2.05, 4.69) is 5.32 Å². The van der Waals surface area contributed by atoms with Gasteiger partial charge in [-0.3, -0.25) is 14.9 Å². The van der Waals surface area contributed by atoms with Crippen molar-refractivity contribution in [3.8, 4) is 0 Å². The number of anilines is 1. The largest absolute Gasteiger partial charge is 0.393 e. The first-order valence-corrected chi connectivity index (χ1v) is 6.86. The van der Waals surface area contributed by atoms with Crippen LogP contribution in [0, 0.1) is 10.1 Å². The summed E-state index contributed by atoms with van der Waals surface area (Å²) in [5, 5.41) is 17.4. The summed E-state index contributed by atoms with van der Waals surface area (Å²) in [7, 11) is 0. The summed E-state index contributed by atoms with van der Waals surface area (Å²) in [6.07, 6.45) is 0.712. The molecular formula is C13H13N3O3S. The average Bonchev–Trinajstić information content (AvgIpc) is 2.91. The zero-order chi connectivity index (χ0) is 14.5. The Labute approximate surface area is 119 Å². The zero-order valence-corrected chi connectivity index (χ0v) is 11.4. The van der Waals surface area contributed by atoms with Crippen LogP contribution in [-0.2, 0) is 6.42 Å². The highest BCUT2D eigenvalue weighted by Crippen LogP contribution is 2.24. The molecule has 0 unspecified atom stereocenters. The van der Waals surface area contributed by atoms with Crippen LogP contribution >= 0.6 is 11.3 Å². The van der Waals surface area contributed by atoms with Gasteiger partial charge in [-0.05, 0) is 34.9 Å². The van der Waals surface area contributed by atoms with E-state index in [9.17, 15) is 14.9 Å². The van der Waals surface area contributed by atoms with E-state index in [0.717, 1.165) is 5.56 Å². The quantitative estimate of drug-likeness (QED) is 0.501. The molecule has 1 heterocycles. The van der Waals surface area contributed by atoms with E-state index in [1.165, 1.54) is 18.2 Å². The third-order valence-electron chi connectivity index (χ3n) is 2.80. The fraction of sp³-hybridized carbons (Fsp3) is 0.154. The van der Waals surface area contributed by atoms with Crippen molar-refractivity contribution in [3.63, 3.8) is 0 Å². The molecule has 0 bridgehead atoms. The topological polar surface area (TPSA) is 98.3 Å². The number of nitrogen functional groups attached to an aromatic ring is 1. The van der Waals surface area contributed by atoms with Gasteiger partial charge in [0.25, 0.3) is 11.6 Å². The second-order valence-electron chi connectivity index (χ2n) is 4.13. The molecule has 1 amide bonds. The molecule has 104 valence electrons. The molecule has 0 saturated carbocycles. The maximum absolute atomic E-state index is 12.0. The Morgan fingerprint density at radius 1 is 1.40 bits per heavy atom. The number of nitrogens with two attached hydrogens (primary N) is 1. The van der Waals surface area contributed by atoms with Crippen LogP contribution in [0.5, 0.6) is 0 Å². The molecule has 3 N–H and O–H groups in total. The minimum atomic E-state index is -0.600. The van der Waals surface area contributed by atoms with Crippen molar-refractivity contribution in [1.29, 1.82) is 0 Å². The third kappa shape index (κ3) is 3.12. The standard InChI is InChI=1S/C13H13N3O3S/c14-12-10(2-1-3-11(12)16(18)19)13(17)15-6-4-9-5-7-20-8-9/h1-3,5,7-8H,4,6,14H2,(H,15,17). The molecule has 2 aromatic rings. The molecule has 6 nitrogen and oxygen atoms in total. The molecule has 0 atom stereocenters. The molecule has 0 radical (unpaired) electrons. The Kier molecular flexibility index (Phi) is 4.31. The van der Waals surface area contributed by atoms with Crippen molar-refractivity contribution < 1.29 is 9.72 Å². The predicted molar refractivity (Wildman–Crippen MR) is 77.9 cm³/mol. The average molecular weight is 291 g/mol. The minimum Gasteiger partial charge on any atom is -0.393 e. The molecule has 20 heavy (non-hydrogen) atoms. The Balaban J connectivity index is 2.02. The normalized spacial score (nSPS) is 10.2. The lowest BCUT2D eigenvalue weighted by atomic mass is 10.1. The van der Waals surface area contributed by atoms with Gasteiger partial charge < -0.3 is 11.1 Å². The first-order chi connectivity index (χ1) is 9.59. The lowest BCUT2D eigenvalue weighted by molar-refractivity contribution is -0.383. The number of nitrogens with one attached hydrogen (secondary N) is 1. The summed E-state index contributed by atoms with van der Waals surface area (Å²) in [6.45, 7) is 0.456. The van der Waals surface area contributed by atoms with Crippen LogP contribution in [0.25, 0.3) is 0 Å². The van der Waals surface area contributed by atoms with Crippen LogP contribution in [0.1, 0.15) is 15.9 Å². The third-order valence-corrected chi connectivity index (χ3v) is 3.54. The molecule has 2 rings (SSSR count). The number of nitrogens with zero attached hydrogens (tertiary/aromatic N) is 1. The first kappa shape index (κ1) is 14.0. The van der Waals surface area contributed by atoms with Gasteiger partial charge in [0, 0.05) is 12.6 Å². The van der Waals surface area contributed by atoms with Gasteiger partial charge in [-0.1, -0.05) is 6.07 Å². The summed E-state index contributed by atoms with van der Waals surface area (Å²) < 4.78 is 0. The van der Waals surface area contributed by atoms with Crippen LogP contribution < -0.4 is 11.1 Å². The van der Waals surface area contributed by atoms with Crippen molar-refractivity contribution in [3.05, 3.63) is 56.3 Å². The number of thiophene rings is 1. The number of para-hydroxylation sites is 1. The Morgan fingerprint density at radius 2 is 2.20 bits per heavy atom. The molecular weight excluding hydrogens is 278 g/mol. The maximum atomic E-state index is 12.0. The Bertz CT molecular complexity index is 626. The molecule has 1 aromatic carbocycles. The fourth-order valence-electron chi connectivity index (χ4n) is 1.76. The van der Waals surface area contributed by atoms with Gasteiger partial charge in [-0.15, -0.1) is 0 Å². The number of carbonyl (C=O) groups is 1. The van der Waals surface area contributed by atoms with Gasteiger partial charge in [-0.25, -0.2) is 0 Å². The van der Waals surface area contributed by atoms with Crippen molar-refractivity contribution in [2.75, 3.05) is 12.3 Å². The highest BCUT2D eigenvalue weighted by Gasteiger charge is 2.18. The van der Waals surface area contributed by atoms with E-state index < -0.39 is 10.8 Å². The van der Waals surface area contributed by atoms with Crippen LogP contribution in [0.2, 0.25) is 0 Å². The van der Waals surface area contributed by atoms with Gasteiger partial charge in [0.15, 0.2) is 0 Å². The number of hydrogen-bond acceptors (Lipinski definition) is 5. The van der Waals surface area contributed by atoms with Gasteiger partial charge in [0.05, 0.1) is 10.5 Å². The van der Waals surface area contributed by atoms with Crippen molar-refractivity contribution in [1.82, 2.24) is 5.32 Å². The molecule has 0 saturated heterocycles. The summed E-state index contributed by atoms with van der Waals surface area (Å²) in [4.78, 5) is 22.1. The first-order valence-electron chi connectivity index (χ1n) is 5.91. The second kappa shape index (κ2) is 6.16. The SMILES string of the molecule is Nc1c(C(=O)NCCc2ccsc2)cccc1[N+](=O)[O-]. The highest BCUT2D eigenvalue weighted by atomic mass is 32.1. The Hall–Kier alpha value is -2.41. The monoisotopic (exact) mass is 291 g/mol. The van der Waals surface area contributed by atoms with Gasteiger partial charge in [0.1, 0.15) is 5.69 Å². The van der Waals surface area contributed by atoms with E-state index in [1.54, 1.807) is 11.3 Å². The van der Waals surface area contributed by atoms with Crippen molar-refractivity contribution >= 4 is 28.6 Å². The van der Waals surface area contributed by atoms with E-state index in [0.29, 0.717) is 13.0 Å². The van der Waals surface area contributed by atoms with Crippen molar-refractivity contribution in [2.24, 2.45) is 0 Å². The van der Waals surface area contributed by atoms with Crippen LogP contribution in [0.3, 0.4) is 0 Å². The lowest BCUT2D eigenvalue weighted by Crippen LogP contribution is -2.26. The summed E-state index contributed by atoms with van der Waals surface area (Å²) >= 11 is 1.59. The number of carbonyl (C=O) groups excluding carboxylic acids is 1. The molecule has 0 aliphatic carbocycles. The zero-order valence-electron chi connectivity index (χ0n) is 10.5. The number of benzene rings is 1. The Morgan fingerprint density at radius 3 is 2.85 bits per heavy atom. The second-order valence-corrected chi connectivity index (χ2v) is 4.91. The predicted octanol–water partition coefficient (Wildman–Crippen LogP) is 2.21. The van der Waals surface area contributed by atoms with E-state index in [4.69, 9.17) is 5.73 Å². The molecule has 0 fully saturated rings. The summed E-state index contributed by atoms with van der Waals surface area (Å²) in [5.41, 5.74) is 6.56. The number of amides is 1. The maximum Gasteiger partial charge on any atom is 0.292 e. The lowest BCUT2D eigenvalue weighted by Gasteiger charge is -2.07. The van der Waals surface area contributed by atoms with Gasteiger partial charge in [-0.2, -0.15) is 11.3 Å². The summed E-state index contributed by atoms with van der Waals surface area (Å²) in [6, 6.07) is 6.18. The van der Waals surface area contributed by atoms with Gasteiger partial charge >= 0.3 is 0 Å². The highest BCUT2D eigenvalue weighted by molar-refractivity contribution is 7.07. The molecule has 1 aromatic heterocycles. The summed E-state index contributed by atoms with van der Waals surface area (Å²) in [5.74, 6) is -0.401. The number of hydrogen-bond donors (Lipinski definition) is 2. The van der Waals surface area contributed by atoms with Crippen LogP contribution in [0.4, 0.5) is 11.4 Å². The van der Waals surface area contributed by atoms with Crippen LogP contribution in [0.15, 0.2) is 35.0 Å². The number of nitro groups is 1. The van der Waals surface area contributed by atoms with E-state index in [-0.39, 0.29) is 16.9 Å². The number of rotatable bonds is 5. The molecule has 0 aliphatic rings. The molecule has 0 aliphatic heterocycles. The fourth-order valence-corrected chi connectivity index (χ4v) is 2.46. The minimum absolute atomic E-state index is 0.106. The molecule has 7 heteroatoms.